The molecule has 1 aromatic rings. The summed E-state index contributed by atoms with van der Waals surface area (Å²) in [6.07, 6.45) is 1.77. The molecule has 1 amide bonds. The summed E-state index contributed by atoms with van der Waals surface area (Å²) in [4.78, 5) is 11.9. The maximum Gasteiger partial charge on any atom is 0.231 e. The molecule has 1 N–H and O–H groups in total. The number of amides is 1. The highest BCUT2D eigenvalue weighted by Crippen LogP contribution is 2.32. The predicted molar refractivity (Wildman–Crippen MR) is 78.8 cm³/mol. The number of ether oxygens (including phenoxy) is 4. The lowest BCUT2D eigenvalue weighted by atomic mass is 10.1. The highest BCUT2D eigenvalue weighted by atomic mass is 16.7. The van der Waals surface area contributed by atoms with Crippen LogP contribution >= 0.6 is 0 Å². The molecule has 1 fully saturated rings. The highest BCUT2D eigenvalue weighted by molar-refractivity contribution is 5.76. The second kappa shape index (κ2) is 6.54. The van der Waals surface area contributed by atoms with Crippen molar-refractivity contribution in [1.82, 2.24) is 5.32 Å². The van der Waals surface area contributed by atoms with Crippen LogP contribution in [0.25, 0.3) is 0 Å². The fraction of sp³-hybridized carbons (Fsp3) is 0.562. The molecule has 2 aliphatic rings. The molecule has 6 heteroatoms. The third kappa shape index (κ3) is 3.69. The number of carbonyl (C=O) groups excluding carboxylic acids is 1. The van der Waals surface area contributed by atoms with Gasteiger partial charge in [0.05, 0.1) is 13.2 Å². The standard InChI is InChI=1S/C16H21NO5/c1-16(21-8-9-22-16)6-7-17-15(18)5-3-12-2-4-13-14(10-12)20-11-19-13/h2,4,10H,3,5-9,11H2,1H3,(H,17,18). The number of hydrogen-bond donors (Lipinski definition) is 1. The smallest absolute Gasteiger partial charge is 0.231 e. The Kier molecular flexibility index (Phi) is 4.49. The molecule has 120 valence electrons. The lowest BCUT2D eigenvalue weighted by molar-refractivity contribution is -0.146. The Morgan fingerprint density at radius 3 is 2.82 bits per heavy atom. The van der Waals surface area contributed by atoms with E-state index in [1.807, 2.05) is 25.1 Å². The van der Waals surface area contributed by atoms with E-state index in [1.54, 1.807) is 0 Å². The van der Waals surface area contributed by atoms with Crippen molar-refractivity contribution in [3.05, 3.63) is 23.8 Å². The van der Waals surface area contributed by atoms with Gasteiger partial charge in [0.1, 0.15) is 0 Å². The molecule has 22 heavy (non-hydrogen) atoms. The predicted octanol–water partition coefficient (Wildman–Crippen LogP) is 1.62. The second-order valence-electron chi connectivity index (χ2n) is 5.62. The minimum Gasteiger partial charge on any atom is -0.454 e. The van der Waals surface area contributed by atoms with Crippen LogP contribution in [0.2, 0.25) is 0 Å². The van der Waals surface area contributed by atoms with Crippen molar-refractivity contribution in [2.24, 2.45) is 0 Å². The Morgan fingerprint density at radius 1 is 1.23 bits per heavy atom. The number of fused-ring (bicyclic) bond motifs is 1. The van der Waals surface area contributed by atoms with Crippen LogP contribution in [0.15, 0.2) is 18.2 Å². The fourth-order valence-electron chi connectivity index (χ4n) is 2.57. The van der Waals surface area contributed by atoms with Gasteiger partial charge in [-0.05, 0) is 31.0 Å². The molecule has 1 saturated heterocycles. The minimum atomic E-state index is -0.551. The monoisotopic (exact) mass is 307 g/mol. The maximum atomic E-state index is 11.9. The third-order valence-corrected chi connectivity index (χ3v) is 3.88. The Balaban J connectivity index is 1.39. The molecule has 1 aromatic carbocycles. The molecule has 3 rings (SSSR count). The van der Waals surface area contributed by atoms with Gasteiger partial charge in [-0.15, -0.1) is 0 Å². The van der Waals surface area contributed by atoms with E-state index < -0.39 is 5.79 Å². The summed E-state index contributed by atoms with van der Waals surface area (Å²) in [5.74, 6) is 0.989. The van der Waals surface area contributed by atoms with Crippen LogP contribution in [-0.4, -0.2) is 38.2 Å². The van der Waals surface area contributed by atoms with E-state index in [9.17, 15) is 4.79 Å². The normalized spacial score (nSPS) is 18.4. The minimum absolute atomic E-state index is 0.0271. The largest absolute Gasteiger partial charge is 0.454 e. The zero-order chi connectivity index (χ0) is 15.4. The van der Waals surface area contributed by atoms with Crippen molar-refractivity contribution < 1.29 is 23.7 Å². The first kappa shape index (κ1) is 15.1. The van der Waals surface area contributed by atoms with Crippen molar-refractivity contribution in [2.45, 2.75) is 32.0 Å². The van der Waals surface area contributed by atoms with E-state index in [0.29, 0.717) is 39.0 Å². The summed E-state index contributed by atoms with van der Waals surface area (Å²) >= 11 is 0. The van der Waals surface area contributed by atoms with E-state index in [2.05, 4.69) is 5.32 Å². The van der Waals surface area contributed by atoms with Crippen LogP contribution in [0.3, 0.4) is 0 Å². The van der Waals surface area contributed by atoms with Crippen LogP contribution < -0.4 is 14.8 Å². The van der Waals surface area contributed by atoms with Gasteiger partial charge in [-0.2, -0.15) is 0 Å². The van der Waals surface area contributed by atoms with E-state index in [0.717, 1.165) is 17.1 Å². The molecule has 0 saturated carbocycles. The fourth-order valence-corrected chi connectivity index (χ4v) is 2.57. The molecule has 0 atom stereocenters. The summed E-state index contributed by atoms with van der Waals surface area (Å²) in [5, 5.41) is 2.90. The average molecular weight is 307 g/mol. The second-order valence-corrected chi connectivity index (χ2v) is 5.62. The summed E-state index contributed by atoms with van der Waals surface area (Å²) in [6.45, 7) is 3.96. The SMILES string of the molecule is CC1(CCNC(=O)CCc2ccc3c(c2)OCO3)OCCO1. The van der Waals surface area contributed by atoms with E-state index >= 15 is 0 Å². The Labute approximate surface area is 129 Å². The van der Waals surface area contributed by atoms with Gasteiger partial charge in [0, 0.05) is 19.4 Å². The molecule has 0 unspecified atom stereocenters. The van der Waals surface area contributed by atoms with Gasteiger partial charge in [-0.1, -0.05) is 6.07 Å². The molecular weight excluding hydrogens is 286 g/mol. The van der Waals surface area contributed by atoms with Crippen LogP contribution in [0.5, 0.6) is 11.5 Å². The molecule has 0 aromatic heterocycles. The number of hydrogen-bond acceptors (Lipinski definition) is 5. The van der Waals surface area contributed by atoms with Crippen LogP contribution in [-0.2, 0) is 20.7 Å². The van der Waals surface area contributed by atoms with Gasteiger partial charge in [-0.3, -0.25) is 4.79 Å². The van der Waals surface area contributed by atoms with Gasteiger partial charge < -0.3 is 24.3 Å². The lowest BCUT2D eigenvalue weighted by Crippen LogP contribution is -2.33. The third-order valence-electron chi connectivity index (χ3n) is 3.88. The van der Waals surface area contributed by atoms with Crippen molar-refractivity contribution >= 4 is 5.91 Å². The summed E-state index contributed by atoms with van der Waals surface area (Å²) < 4.78 is 21.6. The molecule has 0 aliphatic carbocycles. The lowest BCUT2D eigenvalue weighted by Gasteiger charge is -2.22. The van der Waals surface area contributed by atoms with Crippen LogP contribution in [0.1, 0.15) is 25.3 Å². The first-order valence-electron chi connectivity index (χ1n) is 7.58. The zero-order valence-corrected chi connectivity index (χ0v) is 12.7. The Morgan fingerprint density at radius 2 is 2.00 bits per heavy atom. The molecule has 0 spiro atoms. The zero-order valence-electron chi connectivity index (χ0n) is 12.7. The molecule has 0 radical (unpaired) electrons. The van der Waals surface area contributed by atoms with Gasteiger partial charge in [0.15, 0.2) is 17.3 Å². The quantitative estimate of drug-likeness (QED) is 0.865. The average Bonchev–Trinajstić information content (AvgIpc) is 3.13. The van der Waals surface area contributed by atoms with Gasteiger partial charge >= 0.3 is 0 Å². The number of benzene rings is 1. The van der Waals surface area contributed by atoms with Crippen LogP contribution in [0, 0.1) is 0 Å². The van der Waals surface area contributed by atoms with Crippen LogP contribution in [0.4, 0.5) is 0 Å². The van der Waals surface area contributed by atoms with Crippen molar-refractivity contribution in [1.29, 1.82) is 0 Å². The summed E-state index contributed by atoms with van der Waals surface area (Å²) in [6, 6.07) is 5.77. The Hall–Kier alpha value is -1.79. The number of aryl methyl sites for hydroxylation is 1. The molecule has 2 aliphatic heterocycles. The topological polar surface area (TPSA) is 66.0 Å². The summed E-state index contributed by atoms with van der Waals surface area (Å²) in [5.41, 5.74) is 1.06. The molecular formula is C16H21NO5. The first-order chi connectivity index (χ1) is 10.6. The van der Waals surface area contributed by atoms with E-state index in [-0.39, 0.29) is 12.7 Å². The number of carbonyl (C=O) groups is 1. The van der Waals surface area contributed by atoms with Crippen molar-refractivity contribution in [3.8, 4) is 11.5 Å². The molecule has 0 bridgehead atoms. The number of nitrogens with one attached hydrogen (secondary N) is 1. The Bertz CT molecular complexity index is 539. The van der Waals surface area contributed by atoms with Gasteiger partial charge in [-0.25, -0.2) is 0 Å². The molecule has 6 nitrogen and oxygen atoms in total. The first-order valence-corrected chi connectivity index (χ1v) is 7.58. The van der Waals surface area contributed by atoms with Crippen molar-refractivity contribution in [3.63, 3.8) is 0 Å². The van der Waals surface area contributed by atoms with E-state index in [1.165, 1.54) is 0 Å². The van der Waals surface area contributed by atoms with Gasteiger partial charge in [0.25, 0.3) is 0 Å². The highest BCUT2D eigenvalue weighted by Gasteiger charge is 2.30. The molecule has 2 heterocycles. The number of rotatable bonds is 6. The van der Waals surface area contributed by atoms with Crippen molar-refractivity contribution in [2.75, 3.05) is 26.6 Å². The van der Waals surface area contributed by atoms with E-state index in [4.69, 9.17) is 18.9 Å². The summed E-state index contributed by atoms with van der Waals surface area (Å²) in [7, 11) is 0. The van der Waals surface area contributed by atoms with Gasteiger partial charge in [0.2, 0.25) is 12.7 Å². The maximum absolute atomic E-state index is 11.9.